The molecule has 19 heteroatoms. The van der Waals surface area contributed by atoms with Crippen LogP contribution in [-0.2, 0) is 65.4 Å². The van der Waals surface area contributed by atoms with Crippen LogP contribution in [0, 0.1) is 5.92 Å². The molecule has 0 spiro atoms. The molecule has 3 N–H and O–H groups in total. The van der Waals surface area contributed by atoms with Crippen molar-refractivity contribution in [2.45, 2.75) is 342 Å². The smallest absolute Gasteiger partial charge is 0.462 e. The van der Waals surface area contributed by atoms with Crippen LogP contribution in [0.25, 0.3) is 0 Å². The average Bonchev–Trinajstić information content (AvgIpc) is 3.64. The first-order chi connectivity index (χ1) is 42.0. The van der Waals surface area contributed by atoms with Crippen molar-refractivity contribution < 1.29 is 80.2 Å². The highest BCUT2D eigenvalue weighted by Crippen LogP contribution is 2.45. The molecule has 5 atom stereocenters. The van der Waals surface area contributed by atoms with Gasteiger partial charge in [0.2, 0.25) is 0 Å². The molecule has 0 aromatic carbocycles. The van der Waals surface area contributed by atoms with E-state index >= 15 is 0 Å². The SMILES string of the molecule is CCCCCC/C=C\C=C/CCCCCCCC(=O)OC[C@H](COP(=O)(O)OC[C@@H](O)COP(=O)(O)OC[C@@H](COC(=O)CCCCCCCCC)OC(=O)CCCCCCCCC)OC(=O)CCCCCCCCCCCCCCCCCC(C)C. The molecule has 0 aliphatic heterocycles. The first kappa shape index (κ1) is 84.5. The Labute approximate surface area is 529 Å². The van der Waals surface area contributed by atoms with Crippen molar-refractivity contribution in [1.82, 2.24) is 0 Å². The minimum absolute atomic E-state index is 0.101. The molecule has 0 heterocycles. The van der Waals surface area contributed by atoms with Crippen LogP contribution in [-0.4, -0.2) is 96.7 Å². The number of esters is 4. The van der Waals surface area contributed by atoms with Gasteiger partial charge in [0.15, 0.2) is 12.2 Å². The maximum Gasteiger partial charge on any atom is 0.472 e. The van der Waals surface area contributed by atoms with Crippen molar-refractivity contribution >= 4 is 39.5 Å². The summed E-state index contributed by atoms with van der Waals surface area (Å²) in [5.41, 5.74) is 0. The van der Waals surface area contributed by atoms with Crippen molar-refractivity contribution in [1.29, 1.82) is 0 Å². The summed E-state index contributed by atoms with van der Waals surface area (Å²) in [6, 6.07) is 0. The predicted octanol–water partition coefficient (Wildman–Crippen LogP) is 18.9. The van der Waals surface area contributed by atoms with Gasteiger partial charge in [-0.25, -0.2) is 9.13 Å². The van der Waals surface area contributed by atoms with Crippen molar-refractivity contribution in [3.63, 3.8) is 0 Å². The molecule has 0 radical (unpaired) electrons. The molecule has 0 rings (SSSR count). The Morgan fingerprint density at radius 3 is 0.943 bits per heavy atom. The number of ether oxygens (including phenoxy) is 4. The topological polar surface area (TPSA) is 237 Å². The van der Waals surface area contributed by atoms with Gasteiger partial charge in [-0.05, 0) is 57.3 Å². The summed E-state index contributed by atoms with van der Waals surface area (Å²) < 4.78 is 67.9. The zero-order valence-corrected chi connectivity index (χ0v) is 57.4. The second-order valence-corrected chi connectivity index (χ2v) is 27.3. The monoisotopic (exact) mass is 1280 g/mol. The molecule has 0 saturated carbocycles. The van der Waals surface area contributed by atoms with Gasteiger partial charge >= 0.3 is 39.5 Å². The first-order valence-electron chi connectivity index (χ1n) is 35.0. The maximum atomic E-state index is 13.0. The zero-order valence-electron chi connectivity index (χ0n) is 55.6. The van der Waals surface area contributed by atoms with Gasteiger partial charge in [0.05, 0.1) is 26.4 Å². The molecular formula is C68H128O17P2. The summed E-state index contributed by atoms with van der Waals surface area (Å²) in [5, 5.41) is 10.5. The van der Waals surface area contributed by atoms with Gasteiger partial charge in [0, 0.05) is 25.7 Å². The van der Waals surface area contributed by atoms with Gasteiger partial charge in [-0.15, -0.1) is 0 Å². The van der Waals surface area contributed by atoms with E-state index < -0.39 is 97.5 Å². The number of allylic oxidation sites excluding steroid dienone is 4. The van der Waals surface area contributed by atoms with Crippen LogP contribution in [0.15, 0.2) is 24.3 Å². The molecule has 17 nitrogen and oxygen atoms in total. The fourth-order valence-corrected chi connectivity index (χ4v) is 11.3. The van der Waals surface area contributed by atoms with Gasteiger partial charge < -0.3 is 33.8 Å². The van der Waals surface area contributed by atoms with E-state index in [4.69, 9.17) is 37.0 Å². The third-order valence-corrected chi connectivity index (χ3v) is 17.1. The van der Waals surface area contributed by atoms with Gasteiger partial charge in [0.1, 0.15) is 19.3 Å². The van der Waals surface area contributed by atoms with Crippen LogP contribution in [0.4, 0.5) is 0 Å². The largest absolute Gasteiger partial charge is 0.472 e. The molecule has 0 saturated heterocycles. The number of phosphoric ester groups is 2. The highest BCUT2D eigenvalue weighted by molar-refractivity contribution is 7.47. The van der Waals surface area contributed by atoms with E-state index in [0.29, 0.717) is 25.7 Å². The fraction of sp³-hybridized carbons (Fsp3) is 0.882. The van der Waals surface area contributed by atoms with E-state index in [1.165, 1.54) is 103 Å². The molecule has 87 heavy (non-hydrogen) atoms. The van der Waals surface area contributed by atoms with E-state index in [1.54, 1.807) is 0 Å². The number of carbonyl (C=O) groups excluding carboxylic acids is 4. The Kier molecular flexibility index (Phi) is 59.3. The summed E-state index contributed by atoms with van der Waals surface area (Å²) in [6.07, 6.45) is 49.7. The van der Waals surface area contributed by atoms with E-state index in [1.807, 2.05) is 0 Å². The molecule has 0 fully saturated rings. The van der Waals surface area contributed by atoms with E-state index in [0.717, 1.165) is 141 Å². The van der Waals surface area contributed by atoms with Crippen LogP contribution in [0.1, 0.15) is 324 Å². The Morgan fingerprint density at radius 1 is 0.356 bits per heavy atom. The second-order valence-electron chi connectivity index (χ2n) is 24.4. The van der Waals surface area contributed by atoms with Crippen molar-refractivity contribution in [3.8, 4) is 0 Å². The Morgan fingerprint density at radius 2 is 0.621 bits per heavy atom. The number of carbonyl (C=O) groups is 4. The quantitative estimate of drug-likeness (QED) is 0.0169. The van der Waals surface area contributed by atoms with Crippen molar-refractivity contribution in [2.75, 3.05) is 39.6 Å². The van der Waals surface area contributed by atoms with Gasteiger partial charge in [-0.3, -0.25) is 37.3 Å². The number of unbranched alkanes of at least 4 members (excludes halogenated alkanes) is 35. The first-order valence-corrected chi connectivity index (χ1v) is 37.9. The van der Waals surface area contributed by atoms with Gasteiger partial charge in [-0.2, -0.15) is 0 Å². The van der Waals surface area contributed by atoms with Crippen LogP contribution < -0.4 is 0 Å². The van der Waals surface area contributed by atoms with Gasteiger partial charge in [0.25, 0.3) is 0 Å². The average molecular weight is 1280 g/mol. The van der Waals surface area contributed by atoms with E-state index in [9.17, 15) is 43.2 Å². The predicted molar refractivity (Wildman–Crippen MR) is 349 cm³/mol. The standard InChI is InChI=1S/C68H128O17P2/c1-6-9-12-15-18-19-20-21-23-27-30-33-38-42-47-52-66(71)79-58-64(85-68(73)54-49-44-39-34-31-28-25-22-24-26-29-32-37-40-45-50-61(4)5)60-83-87(76,77)81-56-62(69)55-80-86(74,75)82-59-63(84-67(72)53-48-43-36-17-14-11-8-3)57-78-65(70)51-46-41-35-16-13-10-7-2/h19-21,23,61-64,69H,6-18,22,24-60H2,1-5H3,(H,74,75)(H,76,77)/b20-19-,23-21-/t62-,63+,64+/m0/s1. The second kappa shape index (κ2) is 61.1. The highest BCUT2D eigenvalue weighted by atomic mass is 31.2. The Bertz CT molecular complexity index is 1780. The van der Waals surface area contributed by atoms with Crippen molar-refractivity contribution in [2.24, 2.45) is 5.92 Å². The minimum Gasteiger partial charge on any atom is -0.462 e. The summed E-state index contributed by atoms with van der Waals surface area (Å²) in [4.78, 5) is 72.1. The number of rotatable bonds is 66. The molecular weight excluding hydrogens is 1150 g/mol. The minimum atomic E-state index is -4.95. The Hall–Kier alpha value is -2.46. The number of hydrogen-bond donors (Lipinski definition) is 3. The Balaban J connectivity index is 5.19. The molecule has 0 amide bonds. The third kappa shape index (κ3) is 62.1. The number of phosphoric acid groups is 2. The number of aliphatic hydroxyl groups excluding tert-OH is 1. The molecule has 0 aromatic rings. The van der Waals surface area contributed by atoms with Gasteiger partial charge in [-0.1, -0.05) is 271 Å². The van der Waals surface area contributed by atoms with Crippen molar-refractivity contribution in [3.05, 3.63) is 24.3 Å². The third-order valence-electron chi connectivity index (χ3n) is 15.2. The number of aliphatic hydroxyl groups is 1. The lowest BCUT2D eigenvalue weighted by Crippen LogP contribution is -2.30. The summed E-state index contributed by atoms with van der Waals surface area (Å²) >= 11 is 0. The molecule has 512 valence electrons. The lowest BCUT2D eigenvalue weighted by Gasteiger charge is -2.21. The fourth-order valence-electron chi connectivity index (χ4n) is 9.75. The molecule has 0 aliphatic carbocycles. The highest BCUT2D eigenvalue weighted by Gasteiger charge is 2.30. The van der Waals surface area contributed by atoms with Crippen LogP contribution in [0.3, 0.4) is 0 Å². The van der Waals surface area contributed by atoms with Crippen LogP contribution in [0.5, 0.6) is 0 Å². The molecule has 0 aliphatic rings. The lowest BCUT2D eigenvalue weighted by atomic mass is 10.0. The normalized spacial score (nSPS) is 14.3. The summed E-state index contributed by atoms with van der Waals surface area (Å²) in [5.74, 6) is -1.37. The van der Waals surface area contributed by atoms with Crippen LogP contribution >= 0.6 is 15.6 Å². The zero-order chi connectivity index (χ0) is 64.2. The molecule has 0 aromatic heterocycles. The molecule has 0 bridgehead atoms. The van der Waals surface area contributed by atoms with E-state index in [2.05, 4.69) is 58.9 Å². The summed E-state index contributed by atoms with van der Waals surface area (Å²) in [7, 11) is -9.89. The van der Waals surface area contributed by atoms with Crippen LogP contribution in [0.2, 0.25) is 0 Å². The molecule has 2 unspecified atom stereocenters. The lowest BCUT2D eigenvalue weighted by molar-refractivity contribution is -0.161. The number of hydrogen-bond acceptors (Lipinski definition) is 15. The van der Waals surface area contributed by atoms with E-state index in [-0.39, 0.29) is 25.7 Å². The summed E-state index contributed by atoms with van der Waals surface area (Å²) in [6.45, 7) is 7.10. The maximum absolute atomic E-state index is 13.0.